The Morgan fingerprint density at radius 3 is 2.61 bits per heavy atom. The molecular weight excluding hydrogens is 318 g/mol. The normalized spacial score (nSPS) is 24.7. The first-order valence-corrected chi connectivity index (χ1v) is 8.44. The molecule has 1 aliphatic carbocycles. The van der Waals surface area contributed by atoms with E-state index < -0.39 is 24.1 Å². The number of hydrogen-bond donors (Lipinski definition) is 2. The highest BCUT2D eigenvalue weighted by molar-refractivity contribution is 7.97. The van der Waals surface area contributed by atoms with Gasteiger partial charge in [-0.05, 0) is 42.3 Å². The molecule has 2 aliphatic rings. The summed E-state index contributed by atoms with van der Waals surface area (Å²) < 4.78 is 0.504. The quantitative estimate of drug-likeness (QED) is 0.821. The molecule has 3 rings (SSSR count). The zero-order valence-corrected chi connectivity index (χ0v) is 13.3. The van der Waals surface area contributed by atoms with Crippen LogP contribution < -0.4 is 10.2 Å². The minimum absolute atomic E-state index is 0.232. The Morgan fingerprint density at radius 2 is 2.00 bits per heavy atom. The lowest BCUT2D eigenvalue weighted by Crippen LogP contribution is -2.51. The van der Waals surface area contributed by atoms with Crippen molar-refractivity contribution in [1.82, 2.24) is 9.62 Å². The maximum Gasteiger partial charge on any atom is 0.425 e. The van der Waals surface area contributed by atoms with Crippen molar-refractivity contribution in [2.45, 2.75) is 12.5 Å². The summed E-state index contributed by atoms with van der Waals surface area (Å²) in [4.78, 5) is 37.4. The Balaban J connectivity index is 1.73. The summed E-state index contributed by atoms with van der Waals surface area (Å²) in [5.41, 5.74) is 0.937. The van der Waals surface area contributed by atoms with Crippen molar-refractivity contribution in [1.29, 1.82) is 0 Å². The number of amides is 4. The van der Waals surface area contributed by atoms with Crippen LogP contribution in [0.3, 0.4) is 0 Å². The molecule has 23 heavy (non-hydrogen) atoms. The molecule has 0 aromatic heterocycles. The van der Waals surface area contributed by atoms with E-state index in [4.69, 9.17) is 5.11 Å². The molecule has 3 unspecified atom stereocenters. The van der Waals surface area contributed by atoms with Gasteiger partial charge in [0.1, 0.15) is 6.04 Å². The number of imide groups is 2. The summed E-state index contributed by atoms with van der Waals surface area (Å²) in [6.45, 7) is 0.784. The fourth-order valence-corrected chi connectivity index (χ4v) is 3.53. The third-order valence-corrected chi connectivity index (χ3v) is 4.96. The lowest BCUT2D eigenvalue weighted by atomic mass is 10.1. The number of fused-ring (bicyclic) bond motifs is 1. The second kappa shape index (κ2) is 6.11. The van der Waals surface area contributed by atoms with E-state index in [0.29, 0.717) is 10.2 Å². The van der Waals surface area contributed by atoms with E-state index in [1.807, 2.05) is 35.2 Å². The van der Waals surface area contributed by atoms with Crippen LogP contribution in [0, 0.1) is 11.8 Å². The molecule has 8 heteroatoms. The van der Waals surface area contributed by atoms with E-state index in [9.17, 15) is 14.4 Å². The Hall–Kier alpha value is -2.22. The number of rotatable bonds is 3. The van der Waals surface area contributed by atoms with Gasteiger partial charge in [0.25, 0.3) is 5.91 Å². The molecule has 3 atom stereocenters. The second-order valence-corrected chi connectivity index (χ2v) is 6.38. The number of carbonyl (C=O) groups is 3. The topological polar surface area (TPSA) is 90.0 Å². The zero-order chi connectivity index (χ0) is 16.6. The van der Waals surface area contributed by atoms with Crippen molar-refractivity contribution in [2.75, 3.05) is 17.7 Å². The molecule has 7 nitrogen and oxygen atoms in total. The van der Waals surface area contributed by atoms with Crippen LogP contribution in [-0.4, -0.2) is 46.3 Å². The van der Waals surface area contributed by atoms with Gasteiger partial charge in [-0.3, -0.25) is 10.1 Å². The summed E-state index contributed by atoms with van der Waals surface area (Å²) in [5, 5.41) is 11.2. The van der Waals surface area contributed by atoms with Crippen LogP contribution in [0.4, 0.5) is 15.3 Å². The van der Waals surface area contributed by atoms with Gasteiger partial charge in [0.2, 0.25) is 0 Å². The van der Waals surface area contributed by atoms with Gasteiger partial charge in [-0.25, -0.2) is 9.59 Å². The number of anilines is 1. The molecule has 1 heterocycles. The van der Waals surface area contributed by atoms with Crippen molar-refractivity contribution in [3.8, 4) is 0 Å². The van der Waals surface area contributed by atoms with Gasteiger partial charge >= 0.3 is 12.1 Å². The van der Waals surface area contributed by atoms with Gasteiger partial charge in [0, 0.05) is 18.5 Å². The van der Waals surface area contributed by atoms with Crippen molar-refractivity contribution < 1.29 is 19.5 Å². The molecule has 2 N–H and O–H groups in total. The molecule has 1 aromatic carbocycles. The van der Waals surface area contributed by atoms with Gasteiger partial charge in [0.05, 0.1) is 0 Å². The molecule has 4 amide bonds. The van der Waals surface area contributed by atoms with E-state index >= 15 is 0 Å². The van der Waals surface area contributed by atoms with E-state index in [0.717, 1.165) is 30.6 Å². The van der Waals surface area contributed by atoms with Crippen LogP contribution in [0.25, 0.3) is 0 Å². The van der Waals surface area contributed by atoms with Crippen molar-refractivity contribution in [2.24, 2.45) is 11.8 Å². The van der Waals surface area contributed by atoms with Gasteiger partial charge < -0.3 is 10.0 Å². The molecule has 1 aliphatic heterocycles. The first-order chi connectivity index (χ1) is 11.0. The molecule has 1 saturated carbocycles. The minimum atomic E-state index is -1.40. The molecule has 122 valence electrons. The highest BCUT2D eigenvalue weighted by Crippen LogP contribution is 2.50. The Kier molecular flexibility index (Phi) is 4.16. The van der Waals surface area contributed by atoms with Crippen molar-refractivity contribution in [3.05, 3.63) is 30.3 Å². The largest absolute Gasteiger partial charge is 0.464 e. The number of nitrogens with zero attached hydrogens (tertiary/aromatic N) is 2. The molecule has 0 spiro atoms. The minimum Gasteiger partial charge on any atom is -0.464 e. The van der Waals surface area contributed by atoms with E-state index in [1.165, 1.54) is 6.26 Å². The van der Waals surface area contributed by atoms with Crippen LogP contribution in [0.2, 0.25) is 0 Å². The van der Waals surface area contributed by atoms with Gasteiger partial charge in [-0.1, -0.05) is 18.2 Å². The lowest BCUT2D eigenvalue weighted by Gasteiger charge is -2.28. The monoisotopic (exact) mass is 335 g/mol. The van der Waals surface area contributed by atoms with E-state index in [1.54, 1.807) is 0 Å². The Morgan fingerprint density at radius 1 is 1.30 bits per heavy atom. The lowest BCUT2D eigenvalue weighted by molar-refractivity contribution is -0.121. The fourth-order valence-electron chi connectivity index (χ4n) is 3.16. The summed E-state index contributed by atoms with van der Waals surface area (Å²) in [6.07, 6.45) is 1.03. The number of benzene rings is 1. The summed E-state index contributed by atoms with van der Waals surface area (Å²) >= 11 is 0.735. The van der Waals surface area contributed by atoms with Crippen molar-refractivity contribution >= 4 is 35.7 Å². The molecule has 0 bridgehead atoms. The zero-order valence-electron chi connectivity index (χ0n) is 12.5. The number of urea groups is 1. The van der Waals surface area contributed by atoms with E-state index in [2.05, 4.69) is 5.32 Å². The van der Waals surface area contributed by atoms with Gasteiger partial charge in [-0.15, -0.1) is 0 Å². The van der Waals surface area contributed by atoms with E-state index in [-0.39, 0.29) is 5.92 Å². The maximum atomic E-state index is 12.5. The van der Waals surface area contributed by atoms with Crippen LogP contribution in [0.15, 0.2) is 30.3 Å². The first-order valence-electron chi connectivity index (χ1n) is 7.26. The average Bonchev–Trinajstić information content (AvgIpc) is 3.18. The van der Waals surface area contributed by atoms with Crippen LogP contribution >= 0.6 is 11.9 Å². The summed E-state index contributed by atoms with van der Waals surface area (Å²) in [5.74, 6) is 0.261. The van der Waals surface area contributed by atoms with Gasteiger partial charge in [-0.2, -0.15) is 4.31 Å². The maximum absolute atomic E-state index is 12.5. The van der Waals surface area contributed by atoms with Crippen LogP contribution in [0.5, 0.6) is 0 Å². The third kappa shape index (κ3) is 2.98. The number of carbonyl (C=O) groups excluding carboxylic acids is 2. The predicted molar refractivity (Wildman–Crippen MR) is 86.1 cm³/mol. The molecular formula is C15H17N3O4S. The number of para-hydroxylation sites is 1. The SMILES string of the molecule is CSN(C(=O)O)C(=O)NC(=O)C1C2CC2CN1c1ccccc1. The molecule has 2 fully saturated rings. The standard InChI is InChI=1S/C15H17N3O4S/c1-23-18(15(21)22)14(20)16-13(19)12-11-7-9(11)8-17(12)10-5-3-2-4-6-10/h2-6,9,11-12H,7-8H2,1H3,(H,21,22)(H,16,19,20). The van der Waals surface area contributed by atoms with Crippen LogP contribution in [0.1, 0.15) is 6.42 Å². The first kappa shape index (κ1) is 15.7. The van der Waals surface area contributed by atoms with Gasteiger partial charge in [0.15, 0.2) is 0 Å². The number of piperidine rings is 1. The Labute approximate surface area is 137 Å². The highest BCUT2D eigenvalue weighted by atomic mass is 32.2. The number of carboxylic acid groups (broad SMARTS) is 1. The Bertz CT molecular complexity index is 639. The average molecular weight is 335 g/mol. The summed E-state index contributed by atoms with van der Waals surface area (Å²) in [6, 6.07) is 8.22. The predicted octanol–water partition coefficient (Wildman–Crippen LogP) is 2.01. The highest BCUT2D eigenvalue weighted by Gasteiger charge is 2.55. The smallest absolute Gasteiger partial charge is 0.425 e. The fraction of sp³-hybridized carbons (Fsp3) is 0.400. The summed E-state index contributed by atoms with van der Waals surface area (Å²) in [7, 11) is 0. The molecule has 1 aromatic rings. The van der Waals surface area contributed by atoms with Crippen molar-refractivity contribution in [3.63, 3.8) is 0 Å². The molecule has 0 radical (unpaired) electrons. The number of hydrogen-bond acceptors (Lipinski definition) is 5. The van der Waals surface area contributed by atoms with Crippen LogP contribution in [-0.2, 0) is 4.79 Å². The second-order valence-electron chi connectivity index (χ2n) is 5.65. The number of nitrogens with one attached hydrogen (secondary N) is 1. The molecule has 1 saturated heterocycles. The third-order valence-electron chi connectivity index (χ3n) is 4.28.